The summed E-state index contributed by atoms with van der Waals surface area (Å²) in [5, 5.41) is 10.1. The van der Waals surface area contributed by atoms with Gasteiger partial charge in [0.15, 0.2) is 0 Å². The Labute approximate surface area is 92.9 Å². The van der Waals surface area contributed by atoms with E-state index in [1.807, 2.05) is 0 Å². The van der Waals surface area contributed by atoms with Crippen molar-refractivity contribution in [2.75, 3.05) is 0 Å². The molecule has 0 spiro atoms. The van der Waals surface area contributed by atoms with E-state index in [1.54, 1.807) is 11.1 Å². The van der Waals surface area contributed by atoms with Crippen LogP contribution >= 0.6 is 0 Å². The molecule has 0 aliphatic heterocycles. The zero-order valence-electron chi connectivity index (χ0n) is 10.1. The number of rotatable bonds is 0. The fourth-order valence-electron chi connectivity index (χ4n) is 2.99. The van der Waals surface area contributed by atoms with E-state index < -0.39 is 0 Å². The second kappa shape index (κ2) is 3.48. The summed E-state index contributed by atoms with van der Waals surface area (Å²) in [6, 6.07) is 0. The molecule has 0 aromatic heterocycles. The number of aliphatic hydroxyl groups is 1. The van der Waals surface area contributed by atoms with Gasteiger partial charge < -0.3 is 5.11 Å². The largest absolute Gasteiger partial charge is 0.392 e. The van der Waals surface area contributed by atoms with Gasteiger partial charge in [0.25, 0.3) is 0 Å². The predicted molar refractivity (Wildman–Crippen MR) is 63.6 cm³/mol. The lowest BCUT2D eigenvalue weighted by Gasteiger charge is -2.29. The quantitative estimate of drug-likeness (QED) is 0.602. The summed E-state index contributed by atoms with van der Waals surface area (Å²) in [6.07, 6.45) is 4.06. The molecule has 15 heavy (non-hydrogen) atoms. The lowest BCUT2D eigenvalue weighted by Crippen LogP contribution is -2.28. The van der Waals surface area contributed by atoms with Crippen molar-refractivity contribution in [2.24, 2.45) is 11.3 Å². The van der Waals surface area contributed by atoms with Crippen molar-refractivity contribution in [3.63, 3.8) is 0 Å². The molecule has 0 amide bonds. The van der Waals surface area contributed by atoms with Crippen LogP contribution in [-0.4, -0.2) is 11.2 Å². The number of hydrogen-bond acceptors (Lipinski definition) is 1. The zero-order valence-corrected chi connectivity index (χ0v) is 10.1. The molecule has 1 nitrogen and oxygen atoms in total. The van der Waals surface area contributed by atoms with Gasteiger partial charge in [0.05, 0.1) is 6.10 Å². The van der Waals surface area contributed by atoms with Crippen LogP contribution in [0.5, 0.6) is 0 Å². The van der Waals surface area contributed by atoms with E-state index in [9.17, 15) is 5.11 Å². The first-order chi connectivity index (χ1) is 6.92. The maximum Gasteiger partial charge on any atom is 0.0631 e. The fourth-order valence-corrected chi connectivity index (χ4v) is 2.99. The third-order valence-electron chi connectivity index (χ3n) is 4.27. The first-order valence-corrected chi connectivity index (χ1v) is 5.96. The van der Waals surface area contributed by atoms with Crippen LogP contribution in [0.25, 0.3) is 0 Å². The molecule has 1 saturated carbocycles. The lowest BCUT2D eigenvalue weighted by molar-refractivity contribution is 0.0547. The zero-order chi connectivity index (χ0) is 11.2. The van der Waals surface area contributed by atoms with Gasteiger partial charge in [0.2, 0.25) is 0 Å². The number of allylic oxidation sites excluding steroid dienone is 2. The van der Waals surface area contributed by atoms with Crippen LogP contribution in [0, 0.1) is 11.3 Å². The molecule has 0 aromatic rings. The molecule has 0 bridgehead atoms. The van der Waals surface area contributed by atoms with E-state index in [4.69, 9.17) is 0 Å². The number of aliphatic hydroxyl groups excluding tert-OH is 1. The van der Waals surface area contributed by atoms with Crippen LogP contribution in [0.4, 0.5) is 0 Å². The maximum absolute atomic E-state index is 10.1. The molecule has 2 aliphatic carbocycles. The standard InChI is InChI=1S/C14H22O/c1-9-5-6-11-10(2)7-13(15)14(3,4)8-12(9)11/h11,13,15H,2,5-8H2,1,3-4H3/t11-,13+/m0/s1. The minimum Gasteiger partial charge on any atom is -0.392 e. The monoisotopic (exact) mass is 206 g/mol. The number of hydrogen-bond donors (Lipinski definition) is 1. The van der Waals surface area contributed by atoms with Crippen LogP contribution in [0.2, 0.25) is 0 Å². The van der Waals surface area contributed by atoms with Gasteiger partial charge in [0, 0.05) is 5.92 Å². The first kappa shape index (κ1) is 10.9. The first-order valence-electron chi connectivity index (χ1n) is 5.96. The van der Waals surface area contributed by atoms with E-state index in [0.29, 0.717) is 5.92 Å². The highest BCUT2D eigenvalue weighted by molar-refractivity contribution is 5.32. The van der Waals surface area contributed by atoms with Gasteiger partial charge in [-0.15, -0.1) is 0 Å². The van der Waals surface area contributed by atoms with Crippen LogP contribution < -0.4 is 0 Å². The molecule has 0 saturated heterocycles. The van der Waals surface area contributed by atoms with Crippen molar-refractivity contribution < 1.29 is 5.11 Å². The smallest absolute Gasteiger partial charge is 0.0631 e. The summed E-state index contributed by atoms with van der Waals surface area (Å²) in [4.78, 5) is 0. The molecule has 84 valence electrons. The van der Waals surface area contributed by atoms with Gasteiger partial charge in [-0.05, 0) is 38.0 Å². The molecule has 0 aromatic carbocycles. The second-order valence-corrected chi connectivity index (χ2v) is 5.94. The van der Waals surface area contributed by atoms with Crippen molar-refractivity contribution in [2.45, 2.75) is 52.6 Å². The van der Waals surface area contributed by atoms with E-state index in [2.05, 4.69) is 27.4 Å². The van der Waals surface area contributed by atoms with Gasteiger partial charge in [-0.2, -0.15) is 0 Å². The molecule has 1 heteroatoms. The molecule has 0 heterocycles. The summed E-state index contributed by atoms with van der Waals surface area (Å²) in [6.45, 7) is 10.8. The Morgan fingerprint density at radius 3 is 2.73 bits per heavy atom. The van der Waals surface area contributed by atoms with Crippen LogP contribution in [0.1, 0.15) is 46.5 Å². The van der Waals surface area contributed by atoms with Crippen LogP contribution in [0.15, 0.2) is 23.3 Å². The van der Waals surface area contributed by atoms with Crippen molar-refractivity contribution in [1.82, 2.24) is 0 Å². The Morgan fingerprint density at radius 2 is 2.07 bits per heavy atom. The maximum atomic E-state index is 10.1. The van der Waals surface area contributed by atoms with Gasteiger partial charge in [0.1, 0.15) is 0 Å². The van der Waals surface area contributed by atoms with E-state index in [-0.39, 0.29) is 11.5 Å². The summed E-state index contributed by atoms with van der Waals surface area (Å²) < 4.78 is 0. The van der Waals surface area contributed by atoms with Gasteiger partial charge in [-0.25, -0.2) is 0 Å². The fraction of sp³-hybridized carbons (Fsp3) is 0.714. The predicted octanol–water partition coefficient (Wildman–Crippen LogP) is 3.45. The van der Waals surface area contributed by atoms with Crippen LogP contribution in [0.3, 0.4) is 0 Å². The third kappa shape index (κ3) is 1.78. The topological polar surface area (TPSA) is 20.2 Å². The Kier molecular flexibility index (Phi) is 2.54. The van der Waals surface area contributed by atoms with Crippen molar-refractivity contribution in [1.29, 1.82) is 0 Å². The molecular formula is C14H22O. The van der Waals surface area contributed by atoms with Gasteiger partial charge in [-0.3, -0.25) is 0 Å². The normalized spacial score (nSPS) is 35.3. The Bertz CT molecular complexity index is 322. The second-order valence-electron chi connectivity index (χ2n) is 5.94. The minimum absolute atomic E-state index is 0.0125. The molecule has 2 aliphatic rings. The van der Waals surface area contributed by atoms with Gasteiger partial charge in [-0.1, -0.05) is 37.1 Å². The molecule has 0 radical (unpaired) electrons. The minimum atomic E-state index is -0.226. The Hall–Kier alpha value is -0.560. The van der Waals surface area contributed by atoms with E-state index >= 15 is 0 Å². The van der Waals surface area contributed by atoms with E-state index in [1.165, 1.54) is 18.4 Å². The highest BCUT2D eigenvalue weighted by Gasteiger charge is 2.38. The summed E-state index contributed by atoms with van der Waals surface area (Å²) in [5.41, 5.74) is 4.38. The number of fused-ring (bicyclic) bond motifs is 1. The SMILES string of the molecule is C=C1C[C@@H](O)C(C)(C)CC2=C(C)CC[C@@H]12. The average molecular weight is 206 g/mol. The summed E-state index contributed by atoms with van der Waals surface area (Å²) in [7, 11) is 0. The van der Waals surface area contributed by atoms with E-state index in [0.717, 1.165) is 12.8 Å². The average Bonchev–Trinajstić information content (AvgIpc) is 2.43. The molecule has 1 fully saturated rings. The highest BCUT2D eigenvalue weighted by Crippen LogP contribution is 2.48. The van der Waals surface area contributed by atoms with Crippen molar-refractivity contribution in [3.8, 4) is 0 Å². The van der Waals surface area contributed by atoms with Gasteiger partial charge >= 0.3 is 0 Å². The molecule has 2 rings (SSSR count). The van der Waals surface area contributed by atoms with Crippen molar-refractivity contribution in [3.05, 3.63) is 23.3 Å². The Morgan fingerprint density at radius 1 is 1.40 bits per heavy atom. The Balaban J connectivity index is 2.37. The summed E-state index contributed by atoms with van der Waals surface area (Å²) in [5.74, 6) is 0.571. The molecule has 1 N–H and O–H groups in total. The van der Waals surface area contributed by atoms with Crippen LogP contribution in [-0.2, 0) is 0 Å². The molecular weight excluding hydrogens is 184 g/mol. The molecule has 0 unspecified atom stereocenters. The lowest BCUT2D eigenvalue weighted by atomic mass is 9.80. The highest BCUT2D eigenvalue weighted by atomic mass is 16.3. The third-order valence-corrected chi connectivity index (χ3v) is 4.27. The molecule has 2 atom stereocenters. The summed E-state index contributed by atoms with van der Waals surface area (Å²) >= 11 is 0. The van der Waals surface area contributed by atoms with Crippen molar-refractivity contribution >= 4 is 0 Å².